The van der Waals surface area contributed by atoms with Crippen LogP contribution >= 0.6 is 0 Å². The summed E-state index contributed by atoms with van der Waals surface area (Å²) in [6, 6.07) is 15.9. The number of rotatable bonds is 8. The highest BCUT2D eigenvalue weighted by Crippen LogP contribution is 2.32. The lowest BCUT2D eigenvalue weighted by molar-refractivity contribution is -0.142. The summed E-state index contributed by atoms with van der Waals surface area (Å²) in [6.07, 6.45) is 1.29. The first kappa shape index (κ1) is 24.4. The van der Waals surface area contributed by atoms with Gasteiger partial charge in [-0.15, -0.1) is 0 Å². The molecule has 0 radical (unpaired) electrons. The number of anilines is 2. The van der Waals surface area contributed by atoms with Gasteiger partial charge in [0.05, 0.1) is 6.04 Å². The Hall–Kier alpha value is -2.82. The smallest absolute Gasteiger partial charge is 0.228 e. The number of benzene rings is 2. The maximum atomic E-state index is 13.5. The van der Waals surface area contributed by atoms with Gasteiger partial charge < -0.3 is 15.1 Å². The fourth-order valence-electron chi connectivity index (χ4n) is 3.59. The number of carbonyl (C=O) groups is 2. The number of amides is 2. The quantitative estimate of drug-likeness (QED) is 0.599. The van der Waals surface area contributed by atoms with Gasteiger partial charge in [-0.25, -0.2) is 0 Å². The molecule has 0 fully saturated rings. The predicted octanol–water partition coefficient (Wildman–Crippen LogP) is 5.63. The minimum Gasteiger partial charge on any atom is -0.377 e. The van der Waals surface area contributed by atoms with Crippen molar-refractivity contribution in [2.24, 2.45) is 5.41 Å². The fraction of sp³-hybridized carbons (Fsp3) is 0.462. The van der Waals surface area contributed by atoms with Crippen molar-refractivity contribution in [1.82, 2.24) is 4.90 Å². The third-order valence-electron chi connectivity index (χ3n) is 5.31. The molecule has 0 saturated carbocycles. The molecule has 2 aromatic rings. The Bertz CT molecular complexity index is 885. The van der Waals surface area contributed by atoms with E-state index in [1.807, 2.05) is 88.0 Å². The number of nitrogens with zero attached hydrogens (tertiary/aromatic N) is 2. The molecule has 0 aromatic heterocycles. The van der Waals surface area contributed by atoms with Crippen LogP contribution in [0.3, 0.4) is 0 Å². The highest BCUT2D eigenvalue weighted by atomic mass is 16.2. The first-order valence-electron chi connectivity index (χ1n) is 11.0. The van der Waals surface area contributed by atoms with Crippen LogP contribution in [0, 0.1) is 5.41 Å². The van der Waals surface area contributed by atoms with Crippen molar-refractivity contribution < 1.29 is 9.59 Å². The van der Waals surface area contributed by atoms with Gasteiger partial charge in [-0.05, 0) is 42.7 Å². The normalized spacial score (nSPS) is 12.2. The van der Waals surface area contributed by atoms with E-state index < -0.39 is 5.41 Å². The van der Waals surface area contributed by atoms with Crippen LogP contribution in [0.2, 0.25) is 0 Å². The monoisotopic (exact) mass is 423 g/mol. The Labute approximate surface area is 187 Å². The molecule has 0 spiro atoms. The minimum absolute atomic E-state index is 0.00586. The molecular weight excluding hydrogens is 386 g/mol. The largest absolute Gasteiger partial charge is 0.377 e. The summed E-state index contributed by atoms with van der Waals surface area (Å²) >= 11 is 0. The molecule has 5 heteroatoms. The summed E-state index contributed by atoms with van der Waals surface area (Å²) in [5.74, 6) is 0.0975. The number of nitrogens with one attached hydrogen (secondary N) is 1. The van der Waals surface area contributed by atoms with Crippen LogP contribution in [-0.4, -0.2) is 30.8 Å². The Balaban J connectivity index is 2.46. The van der Waals surface area contributed by atoms with Crippen molar-refractivity contribution in [3.05, 3.63) is 59.7 Å². The Morgan fingerprint density at radius 1 is 1.03 bits per heavy atom. The molecule has 168 valence electrons. The van der Waals surface area contributed by atoms with Crippen molar-refractivity contribution in [3.63, 3.8) is 0 Å². The van der Waals surface area contributed by atoms with Crippen molar-refractivity contribution in [3.8, 4) is 0 Å². The molecule has 31 heavy (non-hydrogen) atoms. The first-order valence-corrected chi connectivity index (χ1v) is 11.0. The zero-order chi connectivity index (χ0) is 23.2. The lowest BCUT2D eigenvalue weighted by Crippen LogP contribution is -2.40. The Morgan fingerprint density at radius 2 is 1.68 bits per heavy atom. The van der Waals surface area contributed by atoms with Crippen LogP contribution in [-0.2, 0) is 16.1 Å². The van der Waals surface area contributed by atoms with E-state index in [0.29, 0.717) is 13.0 Å². The van der Waals surface area contributed by atoms with Crippen molar-refractivity contribution in [1.29, 1.82) is 0 Å². The van der Waals surface area contributed by atoms with E-state index >= 15 is 0 Å². The average molecular weight is 424 g/mol. The van der Waals surface area contributed by atoms with Crippen LogP contribution in [0.15, 0.2) is 48.5 Å². The summed E-state index contributed by atoms with van der Waals surface area (Å²) in [5.41, 5.74) is 3.38. The number of hydrogen-bond acceptors (Lipinski definition) is 3. The van der Waals surface area contributed by atoms with Crippen LogP contribution < -0.4 is 10.2 Å². The second-order valence-electron chi connectivity index (χ2n) is 9.31. The Kier molecular flexibility index (Phi) is 8.26. The molecule has 0 aliphatic heterocycles. The highest BCUT2D eigenvalue weighted by molar-refractivity contribution is 5.91. The maximum Gasteiger partial charge on any atom is 0.228 e. The summed E-state index contributed by atoms with van der Waals surface area (Å²) in [4.78, 5) is 29.5. The molecule has 2 amide bonds. The standard InChI is InChI=1S/C26H37N3O2/c1-8-12-24(30)27-22-15-16-23(28(6)7)21(17-22)18-29(25(31)26(3,4)5)19(2)20-13-10-9-11-14-20/h9-11,13-17,19H,8,12,18H2,1-7H3,(H,27,30)/t19-/m0/s1. The first-order chi connectivity index (χ1) is 14.5. The number of carbonyl (C=O) groups excluding carboxylic acids is 2. The van der Waals surface area contributed by atoms with Gasteiger partial charge in [-0.1, -0.05) is 58.0 Å². The second-order valence-corrected chi connectivity index (χ2v) is 9.31. The van der Waals surface area contributed by atoms with E-state index in [9.17, 15) is 9.59 Å². The fourth-order valence-corrected chi connectivity index (χ4v) is 3.59. The lowest BCUT2D eigenvalue weighted by Gasteiger charge is -2.35. The van der Waals surface area contributed by atoms with Gasteiger partial charge in [0.2, 0.25) is 11.8 Å². The van der Waals surface area contributed by atoms with E-state index in [1.165, 1.54) is 0 Å². The van der Waals surface area contributed by atoms with Gasteiger partial charge >= 0.3 is 0 Å². The lowest BCUT2D eigenvalue weighted by atomic mass is 9.92. The molecule has 2 aromatic carbocycles. The Morgan fingerprint density at radius 3 is 2.23 bits per heavy atom. The topological polar surface area (TPSA) is 52.7 Å². The van der Waals surface area contributed by atoms with Gasteiger partial charge in [-0.3, -0.25) is 9.59 Å². The molecule has 5 nitrogen and oxygen atoms in total. The maximum absolute atomic E-state index is 13.5. The third kappa shape index (κ3) is 6.58. The van der Waals surface area contributed by atoms with Crippen molar-refractivity contribution in [2.75, 3.05) is 24.3 Å². The van der Waals surface area contributed by atoms with Crippen LogP contribution in [0.4, 0.5) is 11.4 Å². The van der Waals surface area contributed by atoms with E-state index in [1.54, 1.807) is 0 Å². The molecule has 1 atom stereocenters. The summed E-state index contributed by atoms with van der Waals surface area (Å²) in [7, 11) is 3.98. The average Bonchev–Trinajstić information content (AvgIpc) is 2.71. The molecule has 2 rings (SSSR count). The van der Waals surface area contributed by atoms with Gasteiger partial charge in [-0.2, -0.15) is 0 Å². The predicted molar refractivity (Wildman–Crippen MR) is 129 cm³/mol. The van der Waals surface area contributed by atoms with Crippen LogP contribution in [0.25, 0.3) is 0 Å². The van der Waals surface area contributed by atoms with Crippen molar-refractivity contribution >= 4 is 23.2 Å². The van der Waals surface area contributed by atoms with Crippen molar-refractivity contribution in [2.45, 2.75) is 60.0 Å². The van der Waals surface area contributed by atoms with Gasteiger partial charge in [0.25, 0.3) is 0 Å². The summed E-state index contributed by atoms with van der Waals surface area (Å²) in [5, 5.41) is 2.98. The molecule has 0 aliphatic carbocycles. The molecule has 0 unspecified atom stereocenters. The van der Waals surface area contributed by atoms with Gasteiger partial charge in [0.1, 0.15) is 0 Å². The van der Waals surface area contributed by atoms with E-state index in [0.717, 1.165) is 28.9 Å². The molecule has 0 bridgehead atoms. The van der Waals surface area contributed by atoms with E-state index in [4.69, 9.17) is 0 Å². The molecule has 0 saturated heterocycles. The van der Waals surface area contributed by atoms with Crippen LogP contribution in [0.1, 0.15) is 64.6 Å². The number of hydrogen-bond donors (Lipinski definition) is 1. The molecule has 0 aliphatic rings. The van der Waals surface area contributed by atoms with E-state index in [-0.39, 0.29) is 17.9 Å². The van der Waals surface area contributed by atoms with Gasteiger partial charge in [0.15, 0.2) is 0 Å². The SMILES string of the molecule is CCCC(=O)Nc1ccc(N(C)C)c(CN(C(=O)C(C)(C)C)[C@@H](C)c2ccccc2)c1. The minimum atomic E-state index is -0.506. The molecule has 1 N–H and O–H groups in total. The molecule has 0 heterocycles. The van der Waals surface area contributed by atoms with E-state index in [2.05, 4.69) is 24.4 Å². The zero-order valence-electron chi connectivity index (χ0n) is 20.0. The molecular formula is C26H37N3O2. The zero-order valence-corrected chi connectivity index (χ0v) is 20.0. The second kappa shape index (κ2) is 10.5. The summed E-state index contributed by atoms with van der Waals surface area (Å²) in [6.45, 7) is 10.4. The summed E-state index contributed by atoms with van der Waals surface area (Å²) < 4.78 is 0. The van der Waals surface area contributed by atoms with Crippen LogP contribution in [0.5, 0.6) is 0 Å². The third-order valence-corrected chi connectivity index (χ3v) is 5.31. The highest BCUT2D eigenvalue weighted by Gasteiger charge is 2.31. The van der Waals surface area contributed by atoms with Gasteiger partial charge in [0, 0.05) is 43.9 Å².